The lowest BCUT2D eigenvalue weighted by atomic mass is 9.79. The van der Waals surface area contributed by atoms with Crippen molar-refractivity contribution in [3.8, 4) is 17.6 Å². The third kappa shape index (κ3) is 5.82. The first kappa shape index (κ1) is 21.4. The summed E-state index contributed by atoms with van der Waals surface area (Å²) in [5.41, 5.74) is 2.79. The minimum absolute atomic E-state index is 0.0252. The van der Waals surface area contributed by atoms with E-state index in [2.05, 4.69) is 50.0 Å². The molecule has 0 bridgehead atoms. The van der Waals surface area contributed by atoms with Gasteiger partial charge in [-0.25, -0.2) is 4.39 Å². The average Bonchev–Trinajstić information content (AvgIpc) is 2.74. The minimum atomic E-state index is -0.934. The number of ether oxygens (including phenoxy) is 1. The lowest BCUT2D eigenvalue weighted by Gasteiger charge is -2.26. The number of aryl methyl sites for hydroxylation is 1. The van der Waals surface area contributed by atoms with Gasteiger partial charge in [0.25, 0.3) is 0 Å². The van der Waals surface area contributed by atoms with Crippen LogP contribution in [-0.2, 0) is 0 Å². The summed E-state index contributed by atoms with van der Waals surface area (Å²) in [5, 5.41) is 0. The van der Waals surface area contributed by atoms with Crippen molar-refractivity contribution < 1.29 is 13.5 Å². The molecule has 0 amide bonds. The smallest absolute Gasteiger partial charge is 0.201 e. The van der Waals surface area contributed by atoms with Crippen molar-refractivity contribution in [3.05, 3.63) is 64.7 Å². The van der Waals surface area contributed by atoms with Crippen LogP contribution < -0.4 is 4.74 Å². The highest BCUT2D eigenvalue weighted by Crippen LogP contribution is 2.35. The van der Waals surface area contributed by atoms with Crippen molar-refractivity contribution in [1.82, 2.24) is 0 Å². The number of unbranched alkanes of at least 4 members (excludes halogenated alkanes) is 2. The fraction of sp³-hybridized carbons (Fsp3) is 0.462. The standard InChI is InChI=1S/C26H30F2O/c1-3-4-5-18-29-24-17-16-23(25(27)26(24)28)15-10-20-8-13-22(14-9-20)21-11-6-19(2)7-12-21/h6-7,11-12,16-17,20,22H,3-5,8-9,13-14,18H2,1-2H3. The zero-order valence-electron chi connectivity index (χ0n) is 17.4. The number of rotatable bonds is 6. The predicted molar refractivity (Wildman–Crippen MR) is 114 cm³/mol. The summed E-state index contributed by atoms with van der Waals surface area (Å²) in [6.45, 7) is 4.59. The number of halogens is 2. The Kier molecular flexibility index (Phi) is 7.69. The number of hydrogen-bond donors (Lipinski definition) is 0. The van der Waals surface area contributed by atoms with Crippen LogP contribution in [0.25, 0.3) is 0 Å². The van der Waals surface area contributed by atoms with Gasteiger partial charge >= 0.3 is 0 Å². The normalized spacial score (nSPS) is 18.8. The van der Waals surface area contributed by atoms with Gasteiger partial charge in [0.1, 0.15) is 0 Å². The molecule has 1 aliphatic carbocycles. The maximum Gasteiger partial charge on any atom is 0.201 e. The third-order valence-electron chi connectivity index (χ3n) is 5.74. The van der Waals surface area contributed by atoms with Crippen LogP contribution in [0.3, 0.4) is 0 Å². The van der Waals surface area contributed by atoms with Crippen molar-refractivity contribution in [2.45, 2.75) is 64.7 Å². The third-order valence-corrected chi connectivity index (χ3v) is 5.74. The Morgan fingerprint density at radius 1 is 0.931 bits per heavy atom. The Labute approximate surface area is 173 Å². The Morgan fingerprint density at radius 3 is 2.34 bits per heavy atom. The lowest BCUT2D eigenvalue weighted by Crippen LogP contribution is -2.12. The fourth-order valence-electron chi connectivity index (χ4n) is 3.86. The van der Waals surface area contributed by atoms with Gasteiger partial charge in [-0.05, 0) is 62.6 Å². The molecule has 0 saturated heterocycles. The molecule has 0 radical (unpaired) electrons. The Balaban J connectivity index is 1.57. The van der Waals surface area contributed by atoms with Gasteiger partial charge in [0.15, 0.2) is 11.6 Å². The van der Waals surface area contributed by atoms with Gasteiger partial charge in [0.2, 0.25) is 5.82 Å². The molecule has 29 heavy (non-hydrogen) atoms. The second kappa shape index (κ2) is 10.4. The van der Waals surface area contributed by atoms with Crippen LogP contribution in [0.4, 0.5) is 8.78 Å². The summed E-state index contributed by atoms with van der Waals surface area (Å²) in [4.78, 5) is 0. The summed E-state index contributed by atoms with van der Waals surface area (Å²) in [7, 11) is 0. The number of hydrogen-bond acceptors (Lipinski definition) is 1. The largest absolute Gasteiger partial charge is 0.490 e. The van der Waals surface area contributed by atoms with E-state index in [1.54, 1.807) is 0 Å². The van der Waals surface area contributed by atoms with Gasteiger partial charge in [-0.1, -0.05) is 61.4 Å². The van der Waals surface area contributed by atoms with E-state index in [1.807, 2.05) is 0 Å². The van der Waals surface area contributed by atoms with Crippen LogP contribution in [0.2, 0.25) is 0 Å². The highest BCUT2D eigenvalue weighted by molar-refractivity contribution is 5.41. The summed E-state index contributed by atoms with van der Waals surface area (Å²) in [5.74, 6) is 4.99. The molecule has 0 aromatic heterocycles. The predicted octanol–water partition coefficient (Wildman–Crippen LogP) is 7.17. The van der Waals surface area contributed by atoms with E-state index in [0.717, 1.165) is 44.9 Å². The molecule has 2 aromatic rings. The molecule has 154 valence electrons. The second-order valence-electron chi connectivity index (χ2n) is 8.02. The van der Waals surface area contributed by atoms with Crippen LogP contribution >= 0.6 is 0 Å². The molecule has 1 nitrogen and oxygen atoms in total. The number of benzene rings is 2. The maximum absolute atomic E-state index is 14.4. The van der Waals surface area contributed by atoms with Gasteiger partial charge in [0.05, 0.1) is 12.2 Å². The van der Waals surface area contributed by atoms with Crippen LogP contribution in [0.15, 0.2) is 36.4 Å². The Bertz CT molecular complexity index is 853. The molecule has 2 aromatic carbocycles. The molecular formula is C26H30F2O. The maximum atomic E-state index is 14.4. The monoisotopic (exact) mass is 396 g/mol. The molecule has 0 unspecified atom stereocenters. The summed E-state index contributed by atoms with van der Waals surface area (Å²) in [6.07, 6.45) is 7.07. The first-order valence-corrected chi connectivity index (χ1v) is 10.8. The van der Waals surface area contributed by atoms with Crippen molar-refractivity contribution in [3.63, 3.8) is 0 Å². The van der Waals surface area contributed by atoms with Gasteiger partial charge in [-0.3, -0.25) is 0 Å². The minimum Gasteiger partial charge on any atom is -0.490 e. The van der Waals surface area contributed by atoms with Crippen LogP contribution in [0.1, 0.15) is 74.5 Å². The molecule has 3 heteroatoms. The molecule has 1 saturated carbocycles. The topological polar surface area (TPSA) is 9.23 Å². The molecule has 0 atom stereocenters. The molecular weight excluding hydrogens is 366 g/mol. The van der Waals surface area contributed by atoms with Crippen LogP contribution in [0.5, 0.6) is 5.75 Å². The van der Waals surface area contributed by atoms with Crippen molar-refractivity contribution >= 4 is 0 Å². The van der Waals surface area contributed by atoms with Crippen molar-refractivity contribution in [2.24, 2.45) is 5.92 Å². The van der Waals surface area contributed by atoms with E-state index in [9.17, 15) is 8.78 Å². The lowest BCUT2D eigenvalue weighted by molar-refractivity contribution is 0.286. The zero-order chi connectivity index (χ0) is 20.6. The van der Waals surface area contributed by atoms with E-state index in [1.165, 1.54) is 23.3 Å². The van der Waals surface area contributed by atoms with Crippen LogP contribution in [-0.4, -0.2) is 6.61 Å². The first-order valence-electron chi connectivity index (χ1n) is 10.8. The summed E-state index contributed by atoms with van der Waals surface area (Å²) < 4.78 is 34.0. The fourth-order valence-corrected chi connectivity index (χ4v) is 3.86. The SMILES string of the molecule is CCCCCOc1ccc(C#CC2CCC(c3ccc(C)cc3)CC2)c(F)c1F. The van der Waals surface area contributed by atoms with Crippen molar-refractivity contribution in [2.75, 3.05) is 6.61 Å². The Morgan fingerprint density at radius 2 is 1.66 bits per heavy atom. The highest BCUT2D eigenvalue weighted by Gasteiger charge is 2.21. The first-order chi connectivity index (χ1) is 14.1. The van der Waals surface area contributed by atoms with E-state index >= 15 is 0 Å². The zero-order valence-corrected chi connectivity index (χ0v) is 17.4. The van der Waals surface area contributed by atoms with E-state index in [0.29, 0.717) is 12.5 Å². The van der Waals surface area contributed by atoms with Crippen molar-refractivity contribution in [1.29, 1.82) is 0 Å². The molecule has 1 fully saturated rings. The molecule has 0 heterocycles. The summed E-state index contributed by atoms with van der Waals surface area (Å²) in [6, 6.07) is 11.8. The molecule has 0 aliphatic heterocycles. The van der Waals surface area contributed by atoms with Gasteiger partial charge in [0, 0.05) is 5.92 Å². The van der Waals surface area contributed by atoms with Gasteiger partial charge < -0.3 is 4.74 Å². The van der Waals surface area contributed by atoms with Gasteiger partial charge in [-0.15, -0.1) is 0 Å². The van der Waals surface area contributed by atoms with E-state index in [4.69, 9.17) is 4.74 Å². The van der Waals surface area contributed by atoms with Gasteiger partial charge in [-0.2, -0.15) is 4.39 Å². The average molecular weight is 397 g/mol. The quantitative estimate of drug-likeness (QED) is 0.371. The molecule has 0 N–H and O–H groups in total. The van der Waals surface area contributed by atoms with Crippen LogP contribution in [0, 0.1) is 36.3 Å². The van der Waals surface area contributed by atoms with E-state index < -0.39 is 11.6 Å². The Hall–Kier alpha value is -2.34. The van der Waals surface area contributed by atoms with E-state index in [-0.39, 0.29) is 17.2 Å². The summed E-state index contributed by atoms with van der Waals surface area (Å²) >= 11 is 0. The highest BCUT2D eigenvalue weighted by atomic mass is 19.2. The second-order valence-corrected chi connectivity index (χ2v) is 8.02. The molecule has 1 aliphatic rings. The molecule has 3 rings (SSSR count). The molecule has 0 spiro atoms.